The van der Waals surface area contributed by atoms with Gasteiger partial charge in [0, 0.05) is 17.7 Å². The van der Waals surface area contributed by atoms with E-state index in [0.29, 0.717) is 23.9 Å². The Kier molecular flexibility index (Phi) is 4.98. The minimum Gasteiger partial charge on any atom is -0.360 e. The molecule has 1 fully saturated rings. The number of amides is 1. The highest BCUT2D eigenvalue weighted by Gasteiger charge is 2.32. The number of carbonyl (C=O) groups is 1. The molecule has 1 aliphatic rings. The number of aromatic nitrogens is 4. The molecule has 0 aliphatic heterocycles. The van der Waals surface area contributed by atoms with Crippen molar-refractivity contribution >= 4 is 23.5 Å². The lowest BCUT2D eigenvalue weighted by molar-refractivity contribution is -0.115. The number of thioether (sulfide) groups is 1. The zero-order valence-corrected chi connectivity index (χ0v) is 16.1. The summed E-state index contributed by atoms with van der Waals surface area (Å²) in [6.45, 7) is 3.77. The topological polar surface area (TPSA) is 85.8 Å². The third-order valence-electron chi connectivity index (χ3n) is 4.41. The number of hydrogen-bond acceptors (Lipinski definition) is 6. The van der Waals surface area contributed by atoms with Gasteiger partial charge in [0.2, 0.25) is 5.91 Å². The first-order valence-electron chi connectivity index (χ1n) is 9.07. The van der Waals surface area contributed by atoms with Crippen molar-refractivity contribution in [1.82, 2.24) is 19.9 Å². The van der Waals surface area contributed by atoms with Gasteiger partial charge in [0.05, 0.1) is 5.25 Å². The normalized spacial score (nSPS) is 14.9. The van der Waals surface area contributed by atoms with Crippen molar-refractivity contribution < 1.29 is 9.32 Å². The Balaban J connectivity index is 1.58. The van der Waals surface area contributed by atoms with Crippen LogP contribution in [0.15, 0.2) is 46.1 Å². The number of hydrogen-bond donors (Lipinski definition) is 1. The Bertz CT molecular complexity index is 933. The molecule has 8 heteroatoms. The van der Waals surface area contributed by atoms with Crippen LogP contribution in [0.5, 0.6) is 0 Å². The summed E-state index contributed by atoms with van der Waals surface area (Å²) in [6, 6.07) is 11.8. The van der Waals surface area contributed by atoms with Gasteiger partial charge in [-0.15, -0.1) is 10.2 Å². The van der Waals surface area contributed by atoms with Gasteiger partial charge in [-0.3, -0.25) is 9.36 Å². The maximum atomic E-state index is 12.7. The van der Waals surface area contributed by atoms with E-state index in [-0.39, 0.29) is 11.2 Å². The molecular weight excluding hydrogens is 362 g/mol. The lowest BCUT2D eigenvalue weighted by Gasteiger charge is -2.15. The SMILES string of the molecule is CCC(Sc1nnc(C2CC2)n1-c1ccccc1)C(=O)Nc1cc(C)on1. The molecule has 0 saturated heterocycles. The van der Waals surface area contributed by atoms with Crippen molar-refractivity contribution in [2.75, 3.05) is 5.32 Å². The molecule has 140 valence electrons. The van der Waals surface area contributed by atoms with Crippen LogP contribution >= 0.6 is 11.8 Å². The molecule has 1 saturated carbocycles. The van der Waals surface area contributed by atoms with Crippen molar-refractivity contribution in [1.29, 1.82) is 0 Å². The molecule has 4 rings (SSSR count). The number of aryl methyl sites for hydroxylation is 1. The largest absolute Gasteiger partial charge is 0.360 e. The molecule has 1 amide bonds. The highest BCUT2D eigenvalue weighted by molar-refractivity contribution is 8.00. The Hall–Kier alpha value is -2.61. The zero-order valence-electron chi connectivity index (χ0n) is 15.3. The molecule has 1 atom stereocenters. The molecular formula is C19H21N5O2S. The summed E-state index contributed by atoms with van der Waals surface area (Å²) < 4.78 is 7.09. The molecule has 2 heterocycles. The molecule has 2 aromatic heterocycles. The van der Waals surface area contributed by atoms with E-state index in [0.717, 1.165) is 29.5 Å². The number of anilines is 1. The van der Waals surface area contributed by atoms with Gasteiger partial charge >= 0.3 is 0 Å². The summed E-state index contributed by atoms with van der Waals surface area (Å²) >= 11 is 1.43. The first-order chi connectivity index (χ1) is 13.2. The van der Waals surface area contributed by atoms with Crippen LogP contribution in [-0.2, 0) is 4.79 Å². The van der Waals surface area contributed by atoms with E-state index in [1.165, 1.54) is 11.8 Å². The molecule has 0 spiro atoms. The molecule has 0 radical (unpaired) electrons. The highest BCUT2D eigenvalue weighted by atomic mass is 32.2. The van der Waals surface area contributed by atoms with Gasteiger partial charge in [-0.2, -0.15) is 0 Å². The first-order valence-corrected chi connectivity index (χ1v) is 9.95. The fraction of sp³-hybridized carbons (Fsp3) is 0.368. The average molecular weight is 383 g/mol. The van der Waals surface area contributed by atoms with Gasteiger partial charge in [0.1, 0.15) is 11.6 Å². The van der Waals surface area contributed by atoms with Crippen LogP contribution in [0.25, 0.3) is 5.69 Å². The molecule has 3 aromatic rings. The summed E-state index contributed by atoms with van der Waals surface area (Å²) in [5.74, 6) is 2.40. The Morgan fingerprint density at radius 1 is 1.33 bits per heavy atom. The summed E-state index contributed by atoms with van der Waals surface area (Å²) in [6.07, 6.45) is 2.94. The number of nitrogens with one attached hydrogen (secondary N) is 1. The van der Waals surface area contributed by atoms with E-state index in [2.05, 4.69) is 25.2 Å². The van der Waals surface area contributed by atoms with E-state index in [9.17, 15) is 4.79 Å². The second-order valence-corrected chi connectivity index (χ2v) is 7.78. The van der Waals surface area contributed by atoms with Gasteiger partial charge in [-0.1, -0.05) is 42.0 Å². The third-order valence-corrected chi connectivity index (χ3v) is 5.71. The molecule has 0 bridgehead atoms. The number of carbonyl (C=O) groups excluding carboxylic acids is 1. The minimum absolute atomic E-state index is 0.119. The molecule has 27 heavy (non-hydrogen) atoms. The standard InChI is InChI=1S/C19H21N5O2S/c1-3-15(18(25)20-16-11-12(2)26-23-16)27-19-22-21-17(13-9-10-13)24(19)14-7-5-4-6-8-14/h4-8,11,13,15H,3,9-10H2,1-2H3,(H,20,23,25). The number of benzene rings is 1. The number of nitrogens with zero attached hydrogens (tertiary/aromatic N) is 4. The monoisotopic (exact) mass is 383 g/mol. The van der Waals surface area contributed by atoms with Crippen molar-refractivity contribution in [3.63, 3.8) is 0 Å². The summed E-state index contributed by atoms with van der Waals surface area (Å²) in [5, 5.41) is 15.9. The molecule has 1 unspecified atom stereocenters. The van der Waals surface area contributed by atoms with E-state index < -0.39 is 0 Å². The predicted octanol–water partition coefficient (Wildman–Crippen LogP) is 3.95. The fourth-order valence-electron chi connectivity index (χ4n) is 2.86. The van der Waals surface area contributed by atoms with Crippen molar-refractivity contribution in [3.8, 4) is 5.69 Å². The van der Waals surface area contributed by atoms with E-state index in [4.69, 9.17) is 4.52 Å². The van der Waals surface area contributed by atoms with Crippen LogP contribution in [0.3, 0.4) is 0 Å². The molecule has 1 aliphatic carbocycles. The van der Waals surface area contributed by atoms with Crippen LogP contribution in [0.2, 0.25) is 0 Å². The van der Waals surface area contributed by atoms with Crippen LogP contribution in [0.4, 0.5) is 5.82 Å². The van der Waals surface area contributed by atoms with Crippen molar-refractivity contribution in [2.45, 2.75) is 49.4 Å². The Morgan fingerprint density at radius 2 is 2.11 bits per heavy atom. The highest BCUT2D eigenvalue weighted by Crippen LogP contribution is 2.41. The van der Waals surface area contributed by atoms with Gasteiger partial charge < -0.3 is 9.84 Å². The maximum absolute atomic E-state index is 12.7. The predicted molar refractivity (Wildman–Crippen MR) is 103 cm³/mol. The summed E-state index contributed by atoms with van der Waals surface area (Å²) in [5.41, 5.74) is 1.02. The van der Waals surface area contributed by atoms with Crippen molar-refractivity contribution in [2.24, 2.45) is 0 Å². The second kappa shape index (κ2) is 7.56. The fourth-order valence-corrected chi connectivity index (χ4v) is 3.84. The first kappa shape index (κ1) is 17.8. The van der Waals surface area contributed by atoms with Crippen molar-refractivity contribution in [3.05, 3.63) is 48.0 Å². The molecule has 7 nitrogen and oxygen atoms in total. The second-order valence-electron chi connectivity index (χ2n) is 6.61. The van der Waals surface area contributed by atoms with Gasteiger partial charge in [-0.05, 0) is 38.3 Å². The smallest absolute Gasteiger partial charge is 0.239 e. The summed E-state index contributed by atoms with van der Waals surface area (Å²) in [4.78, 5) is 12.7. The average Bonchev–Trinajstić information content (AvgIpc) is 3.32. The summed E-state index contributed by atoms with van der Waals surface area (Å²) in [7, 11) is 0. The minimum atomic E-state index is -0.305. The molecule has 1 aromatic carbocycles. The van der Waals surface area contributed by atoms with Crippen LogP contribution < -0.4 is 5.32 Å². The quantitative estimate of drug-likeness (QED) is 0.622. The van der Waals surface area contributed by atoms with Crippen LogP contribution in [0.1, 0.15) is 43.7 Å². The maximum Gasteiger partial charge on any atom is 0.239 e. The van der Waals surface area contributed by atoms with E-state index >= 15 is 0 Å². The van der Waals surface area contributed by atoms with Crippen LogP contribution in [0, 0.1) is 6.92 Å². The van der Waals surface area contributed by atoms with Gasteiger partial charge in [0.25, 0.3) is 0 Å². The number of para-hydroxylation sites is 1. The van der Waals surface area contributed by atoms with Crippen LogP contribution in [-0.4, -0.2) is 31.1 Å². The Labute approximate surface area is 161 Å². The molecule has 1 N–H and O–H groups in total. The lowest BCUT2D eigenvalue weighted by atomic mass is 10.3. The van der Waals surface area contributed by atoms with Gasteiger partial charge in [0.15, 0.2) is 11.0 Å². The Morgan fingerprint density at radius 3 is 2.74 bits per heavy atom. The lowest BCUT2D eigenvalue weighted by Crippen LogP contribution is -2.25. The van der Waals surface area contributed by atoms with E-state index in [1.807, 2.05) is 37.3 Å². The van der Waals surface area contributed by atoms with Gasteiger partial charge in [-0.25, -0.2) is 0 Å². The zero-order chi connectivity index (χ0) is 18.8. The van der Waals surface area contributed by atoms with E-state index in [1.54, 1.807) is 13.0 Å². The third kappa shape index (κ3) is 3.90. The number of rotatable bonds is 7.